The van der Waals surface area contributed by atoms with E-state index in [4.69, 9.17) is 14.6 Å². The lowest BCUT2D eigenvalue weighted by Gasteiger charge is -2.26. The molecule has 1 heterocycles. The lowest BCUT2D eigenvalue weighted by atomic mass is 9.79. The van der Waals surface area contributed by atoms with Crippen LogP contribution in [0.25, 0.3) is 0 Å². The van der Waals surface area contributed by atoms with Crippen LogP contribution in [0.15, 0.2) is 18.2 Å². The van der Waals surface area contributed by atoms with Gasteiger partial charge in [-0.25, -0.2) is 0 Å². The predicted octanol–water partition coefficient (Wildman–Crippen LogP) is 2.77. The van der Waals surface area contributed by atoms with Crippen molar-refractivity contribution >= 4 is 5.97 Å². The van der Waals surface area contributed by atoms with E-state index in [1.165, 1.54) is 5.56 Å². The molecule has 0 unspecified atom stereocenters. The smallest absolute Gasteiger partial charge is 0.306 e. The Kier molecular flexibility index (Phi) is 2.86. The van der Waals surface area contributed by atoms with Gasteiger partial charge in [0.15, 0.2) is 11.5 Å². The summed E-state index contributed by atoms with van der Waals surface area (Å²) < 4.78 is 10.7. The number of ether oxygens (including phenoxy) is 2. The zero-order valence-electron chi connectivity index (χ0n) is 10.1. The van der Waals surface area contributed by atoms with Crippen molar-refractivity contribution < 1.29 is 19.4 Å². The van der Waals surface area contributed by atoms with Gasteiger partial charge in [0.2, 0.25) is 6.79 Å². The third-order valence-electron chi connectivity index (χ3n) is 3.94. The van der Waals surface area contributed by atoms with E-state index in [2.05, 4.69) is 6.07 Å². The van der Waals surface area contributed by atoms with Crippen molar-refractivity contribution in [3.05, 3.63) is 23.8 Å². The second kappa shape index (κ2) is 4.52. The average Bonchev–Trinajstić information content (AvgIpc) is 2.86. The minimum absolute atomic E-state index is 0.157. The molecule has 3 rings (SSSR count). The second-order valence-electron chi connectivity index (χ2n) is 5.00. The summed E-state index contributed by atoms with van der Waals surface area (Å²) in [7, 11) is 0. The van der Waals surface area contributed by atoms with Gasteiger partial charge in [-0.05, 0) is 49.3 Å². The lowest BCUT2D eigenvalue weighted by Crippen LogP contribution is -2.20. The van der Waals surface area contributed by atoms with E-state index in [0.29, 0.717) is 12.7 Å². The molecular formula is C14H16O4. The number of rotatable bonds is 2. The SMILES string of the molecule is O=C(O)C1CCC(c2ccc3c(c2)OCO3)CC1. The summed E-state index contributed by atoms with van der Waals surface area (Å²) in [5.74, 6) is 1.26. The minimum Gasteiger partial charge on any atom is -0.481 e. The van der Waals surface area contributed by atoms with E-state index in [0.717, 1.165) is 37.2 Å². The Morgan fingerprint density at radius 1 is 1.11 bits per heavy atom. The first-order valence-electron chi connectivity index (χ1n) is 6.36. The maximum Gasteiger partial charge on any atom is 0.306 e. The molecule has 0 aromatic heterocycles. The first-order valence-corrected chi connectivity index (χ1v) is 6.36. The maximum absolute atomic E-state index is 10.9. The Hall–Kier alpha value is -1.71. The fraction of sp³-hybridized carbons (Fsp3) is 0.500. The molecule has 0 amide bonds. The van der Waals surface area contributed by atoms with Gasteiger partial charge in [-0.3, -0.25) is 4.79 Å². The van der Waals surface area contributed by atoms with Gasteiger partial charge in [-0.1, -0.05) is 6.07 Å². The summed E-state index contributed by atoms with van der Waals surface area (Å²) in [4.78, 5) is 10.9. The molecule has 1 N–H and O–H groups in total. The number of carboxylic acid groups (broad SMARTS) is 1. The van der Waals surface area contributed by atoms with E-state index in [1.54, 1.807) is 0 Å². The second-order valence-corrected chi connectivity index (χ2v) is 5.00. The van der Waals surface area contributed by atoms with Crippen molar-refractivity contribution in [2.45, 2.75) is 31.6 Å². The summed E-state index contributed by atoms with van der Waals surface area (Å²) in [5.41, 5.74) is 1.24. The lowest BCUT2D eigenvalue weighted by molar-refractivity contribution is -0.142. The van der Waals surface area contributed by atoms with Gasteiger partial charge in [0.05, 0.1) is 5.92 Å². The van der Waals surface area contributed by atoms with Gasteiger partial charge in [0, 0.05) is 0 Å². The fourth-order valence-corrected chi connectivity index (χ4v) is 2.84. The molecule has 0 saturated heterocycles. The largest absolute Gasteiger partial charge is 0.481 e. The standard InChI is InChI=1S/C14H16O4/c15-14(16)10-3-1-9(2-4-10)11-5-6-12-13(7-11)18-8-17-12/h5-7,9-10H,1-4,8H2,(H,15,16). The monoisotopic (exact) mass is 248 g/mol. The molecule has 0 radical (unpaired) electrons. The molecule has 1 aliphatic heterocycles. The summed E-state index contributed by atoms with van der Waals surface area (Å²) >= 11 is 0. The summed E-state index contributed by atoms with van der Waals surface area (Å²) in [6, 6.07) is 6.05. The number of aliphatic carboxylic acids is 1. The van der Waals surface area contributed by atoms with E-state index in [9.17, 15) is 4.79 Å². The van der Waals surface area contributed by atoms with Crippen LogP contribution in [0.2, 0.25) is 0 Å². The first-order chi connectivity index (χ1) is 8.74. The average molecular weight is 248 g/mol. The zero-order valence-corrected chi connectivity index (χ0v) is 10.1. The van der Waals surface area contributed by atoms with Crippen molar-refractivity contribution in [1.82, 2.24) is 0 Å². The molecule has 0 spiro atoms. The molecular weight excluding hydrogens is 232 g/mol. The van der Waals surface area contributed by atoms with Crippen LogP contribution in [0.1, 0.15) is 37.2 Å². The molecule has 2 aliphatic rings. The number of hydrogen-bond donors (Lipinski definition) is 1. The van der Waals surface area contributed by atoms with Crippen LogP contribution in [-0.4, -0.2) is 17.9 Å². The Morgan fingerprint density at radius 2 is 1.83 bits per heavy atom. The molecule has 0 bridgehead atoms. The molecule has 1 aromatic rings. The van der Waals surface area contributed by atoms with Crippen LogP contribution in [0.4, 0.5) is 0 Å². The summed E-state index contributed by atoms with van der Waals surface area (Å²) in [5, 5.41) is 8.99. The third-order valence-corrected chi connectivity index (χ3v) is 3.94. The van der Waals surface area contributed by atoms with E-state index < -0.39 is 5.97 Å². The van der Waals surface area contributed by atoms with Crippen LogP contribution in [-0.2, 0) is 4.79 Å². The van der Waals surface area contributed by atoms with E-state index in [1.807, 2.05) is 12.1 Å². The first kappa shape index (κ1) is 11.4. The van der Waals surface area contributed by atoms with Crippen LogP contribution in [0.3, 0.4) is 0 Å². The van der Waals surface area contributed by atoms with Gasteiger partial charge >= 0.3 is 5.97 Å². The van der Waals surface area contributed by atoms with Gasteiger partial charge in [0.1, 0.15) is 0 Å². The zero-order chi connectivity index (χ0) is 12.5. The number of benzene rings is 1. The van der Waals surface area contributed by atoms with Crippen LogP contribution < -0.4 is 9.47 Å². The molecule has 1 saturated carbocycles. The molecule has 18 heavy (non-hydrogen) atoms. The highest BCUT2D eigenvalue weighted by molar-refractivity contribution is 5.70. The van der Waals surface area contributed by atoms with Crippen LogP contribution >= 0.6 is 0 Å². The molecule has 1 fully saturated rings. The van der Waals surface area contributed by atoms with Gasteiger partial charge in [-0.2, -0.15) is 0 Å². The molecule has 1 aliphatic carbocycles. The van der Waals surface area contributed by atoms with Crippen LogP contribution in [0, 0.1) is 5.92 Å². The number of carboxylic acids is 1. The van der Waals surface area contributed by atoms with Crippen molar-refractivity contribution in [2.24, 2.45) is 5.92 Å². The Bertz CT molecular complexity index is 461. The van der Waals surface area contributed by atoms with Crippen LogP contribution in [0.5, 0.6) is 11.5 Å². The highest BCUT2D eigenvalue weighted by atomic mass is 16.7. The summed E-state index contributed by atoms with van der Waals surface area (Å²) in [6.07, 6.45) is 3.43. The fourth-order valence-electron chi connectivity index (χ4n) is 2.84. The Labute approximate surface area is 106 Å². The van der Waals surface area contributed by atoms with E-state index >= 15 is 0 Å². The molecule has 0 atom stereocenters. The van der Waals surface area contributed by atoms with Crippen molar-refractivity contribution in [1.29, 1.82) is 0 Å². The highest BCUT2D eigenvalue weighted by Crippen LogP contribution is 2.40. The molecule has 4 nitrogen and oxygen atoms in total. The molecule has 4 heteroatoms. The topological polar surface area (TPSA) is 55.8 Å². The Morgan fingerprint density at radius 3 is 2.56 bits per heavy atom. The number of carbonyl (C=O) groups is 1. The summed E-state index contributed by atoms with van der Waals surface area (Å²) in [6.45, 7) is 0.296. The number of fused-ring (bicyclic) bond motifs is 1. The van der Waals surface area contributed by atoms with Gasteiger partial charge in [-0.15, -0.1) is 0 Å². The van der Waals surface area contributed by atoms with Gasteiger partial charge < -0.3 is 14.6 Å². The van der Waals surface area contributed by atoms with Crippen molar-refractivity contribution in [3.8, 4) is 11.5 Å². The van der Waals surface area contributed by atoms with Gasteiger partial charge in [0.25, 0.3) is 0 Å². The quantitative estimate of drug-likeness (QED) is 0.874. The highest BCUT2D eigenvalue weighted by Gasteiger charge is 2.27. The van der Waals surface area contributed by atoms with Crippen molar-refractivity contribution in [2.75, 3.05) is 6.79 Å². The minimum atomic E-state index is -0.654. The molecule has 1 aromatic carbocycles. The third kappa shape index (κ3) is 2.03. The predicted molar refractivity (Wildman–Crippen MR) is 64.9 cm³/mol. The normalized spacial score (nSPS) is 26.0. The maximum atomic E-state index is 10.9. The Balaban J connectivity index is 1.71. The van der Waals surface area contributed by atoms with Crippen molar-refractivity contribution in [3.63, 3.8) is 0 Å². The number of hydrogen-bond acceptors (Lipinski definition) is 3. The molecule has 96 valence electrons. The van der Waals surface area contributed by atoms with E-state index in [-0.39, 0.29) is 5.92 Å².